The molecule has 154 valence electrons. The molecule has 0 spiro atoms. The number of fused-ring (bicyclic) bond motifs is 1. The van der Waals surface area contributed by atoms with E-state index in [1.165, 1.54) is 21.1 Å². The summed E-state index contributed by atoms with van der Waals surface area (Å²) in [5.74, 6) is -0.310. The van der Waals surface area contributed by atoms with E-state index in [1.807, 2.05) is 0 Å². The molecule has 1 saturated heterocycles. The molecule has 1 aromatic carbocycles. The van der Waals surface area contributed by atoms with Crippen molar-refractivity contribution < 1.29 is 18.0 Å². The lowest BCUT2D eigenvalue weighted by molar-refractivity contribution is -0.116. The number of aryl methyl sites for hydroxylation is 1. The first-order chi connectivity index (χ1) is 13.8. The van der Waals surface area contributed by atoms with Gasteiger partial charge < -0.3 is 5.32 Å². The Morgan fingerprint density at radius 1 is 1.10 bits per heavy atom. The number of hydrogen-bond acceptors (Lipinski definition) is 5. The minimum absolute atomic E-state index is 0.0178. The highest BCUT2D eigenvalue weighted by Gasteiger charge is 2.30. The van der Waals surface area contributed by atoms with Crippen molar-refractivity contribution in [2.24, 2.45) is 0 Å². The van der Waals surface area contributed by atoms with Crippen molar-refractivity contribution in [3.8, 4) is 11.1 Å². The van der Waals surface area contributed by atoms with Gasteiger partial charge in [-0.05, 0) is 37.5 Å². The monoisotopic (exact) mass is 436 g/mol. The number of carbonyl (C=O) groups excluding carboxylic acids is 2. The predicted molar refractivity (Wildman–Crippen MR) is 109 cm³/mol. The highest BCUT2D eigenvalue weighted by atomic mass is 35.5. The van der Waals surface area contributed by atoms with Gasteiger partial charge >= 0.3 is 0 Å². The minimum atomic E-state index is -3.75. The second-order valence-electron chi connectivity index (χ2n) is 7.27. The smallest absolute Gasteiger partial charge is 0.249 e. The number of nitrogens with one attached hydrogen (secondary N) is 1. The summed E-state index contributed by atoms with van der Waals surface area (Å²) in [6, 6.07) is 4.69. The van der Waals surface area contributed by atoms with Crippen LogP contribution >= 0.6 is 11.6 Å². The summed E-state index contributed by atoms with van der Waals surface area (Å²) >= 11 is 6.27. The Morgan fingerprint density at radius 2 is 1.83 bits per heavy atom. The number of rotatable bonds is 3. The number of nitrogens with zero attached hydrogens (tertiary/aromatic N) is 3. The highest BCUT2D eigenvalue weighted by molar-refractivity contribution is 7.89. The topological polar surface area (TPSA) is 101 Å². The molecule has 4 rings (SSSR count). The summed E-state index contributed by atoms with van der Waals surface area (Å²) in [4.78, 5) is 24.4. The molecule has 0 saturated carbocycles. The van der Waals surface area contributed by atoms with Crippen LogP contribution in [0.1, 0.15) is 42.6 Å². The molecular formula is C19H21ClN4O4S. The molecule has 1 N–H and O–H groups in total. The molecule has 8 nitrogen and oxygen atoms in total. The summed E-state index contributed by atoms with van der Waals surface area (Å²) in [7, 11) is -3.75. The van der Waals surface area contributed by atoms with Crippen LogP contribution in [0.4, 0.5) is 5.82 Å². The molecule has 0 unspecified atom stereocenters. The van der Waals surface area contributed by atoms with Crippen LogP contribution in [0.15, 0.2) is 23.1 Å². The number of halogens is 1. The third-order valence-corrected chi connectivity index (χ3v) is 7.65. The van der Waals surface area contributed by atoms with Gasteiger partial charge in [0.2, 0.25) is 21.8 Å². The molecular weight excluding hydrogens is 416 g/mol. The van der Waals surface area contributed by atoms with Crippen LogP contribution in [-0.2, 0) is 14.8 Å². The zero-order valence-electron chi connectivity index (χ0n) is 15.9. The van der Waals surface area contributed by atoms with E-state index in [4.69, 9.17) is 11.6 Å². The molecule has 2 aliphatic rings. The third-order valence-electron chi connectivity index (χ3n) is 5.27. The van der Waals surface area contributed by atoms with Crippen molar-refractivity contribution in [2.75, 3.05) is 18.4 Å². The molecule has 0 atom stereocenters. The van der Waals surface area contributed by atoms with Crippen LogP contribution in [-0.4, -0.2) is 47.4 Å². The zero-order valence-corrected chi connectivity index (χ0v) is 17.5. The van der Waals surface area contributed by atoms with Crippen LogP contribution in [0.25, 0.3) is 11.1 Å². The van der Waals surface area contributed by atoms with Gasteiger partial charge in [-0.2, -0.15) is 14.1 Å². The Balaban J connectivity index is 1.83. The van der Waals surface area contributed by atoms with Crippen molar-refractivity contribution >= 4 is 39.3 Å². The number of piperidine rings is 1. The first-order valence-electron chi connectivity index (χ1n) is 9.52. The Labute approximate surface area is 173 Å². The van der Waals surface area contributed by atoms with E-state index in [-0.39, 0.29) is 40.4 Å². The number of aromatic nitrogens is 2. The van der Waals surface area contributed by atoms with Gasteiger partial charge in [0, 0.05) is 31.5 Å². The van der Waals surface area contributed by atoms with Crippen LogP contribution in [0.5, 0.6) is 0 Å². The molecule has 29 heavy (non-hydrogen) atoms. The highest BCUT2D eigenvalue weighted by Crippen LogP contribution is 2.37. The van der Waals surface area contributed by atoms with Crippen molar-refractivity contribution in [1.29, 1.82) is 0 Å². The normalized spacial score (nSPS) is 18.3. The van der Waals surface area contributed by atoms with Gasteiger partial charge in [-0.15, -0.1) is 0 Å². The fourth-order valence-corrected chi connectivity index (χ4v) is 5.81. The Bertz CT molecular complexity index is 1100. The molecule has 0 bridgehead atoms. The molecule has 0 radical (unpaired) electrons. The van der Waals surface area contributed by atoms with Crippen LogP contribution in [0, 0.1) is 6.92 Å². The number of anilines is 1. The van der Waals surface area contributed by atoms with Crippen LogP contribution in [0.3, 0.4) is 0 Å². The Morgan fingerprint density at radius 3 is 2.55 bits per heavy atom. The lowest BCUT2D eigenvalue weighted by Gasteiger charge is -2.26. The largest absolute Gasteiger partial charge is 0.310 e. The van der Waals surface area contributed by atoms with Gasteiger partial charge in [0.25, 0.3) is 0 Å². The molecule has 1 aromatic heterocycles. The van der Waals surface area contributed by atoms with Gasteiger partial charge in [0.15, 0.2) is 0 Å². The number of sulfonamides is 1. The van der Waals surface area contributed by atoms with Gasteiger partial charge in [-0.3, -0.25) is 9.59 Å². The van der Waals surface area contributed by atoms with E-state index >= 15 is 0 Å². The minimum Gasteiger partial charge on any atom is -0.310 e. The van der Waals surface area contributed by atoms with E-state index in [0.29, 0.717) is 29.9 Å². The Kier molecular flexibility index (Phi) is 5.22. The fourth-order valence-electron chi connectivity index (χ4n) is 3.79. The number of carbonyl (C=O) groups is 2. The van der Waals surface area contributed by atoms with E-state index in [2.05, 4.69) is 10.4 Å². The maximum absolute atomic E-state index is 13.2. The average Bonchev–Trinajstić information content (AvgIpc) is 2.96. The number of amides is 1. The van der Waals surface area contributed by atoms with Gasteiger partial charge in [-0.25, -0.2) is 8.42 Å². The first kappa shape index (κ1) is 20.1. The van der Waals surface area contributed by atoms with Crippen LogP contribution < -0.4 is 5.32 Å². The summed E-state index contributed by atoms with van der Waals surface area (Å²) in [6.45, 7) is 2.65. The van der Waals surface area contributed by atoms with Gasteiger partial charge in [0.1, 0.15) is 10.7 Å². The zero-order chi connectivity index (χ0) is 20.8. The maximum atomic E-state index is 13.2. The van der Waals surface area contributed by atoms with Gasteiger partial charge in [-0.1, -0.05) is 24.1 Å². The third kappa shape index (κ3) is 3.58. The molecule has 0 aliphatic carbocycles. The standard InChI is InChI=1S/C19H21ClN4O4S/c1-12-18(19-21-16(25)7-8-17(26)24(19)22-12)13-5-6-14(20)15(11-13)29(27,28)23-9-3-2-4-10-23/h5-6,11H,2-4,7-10H2,1H3,(H,21,25). The molecule has 2 aliphatic heterocycles. The molecule has 10 heteroatoms. The molecule has 1 fully saturated rings. The van der Waals surface area contributed by atoms with Crippen molar-refractivity contribution in [3.63, 3.8) is 0 Å². The SMILES string of the molecule is Cc1nn2c(c1-c1ccc(Cl)c(S(=O)(=O)N3CCCCC3)c1)NC(=O)CCC2=O. The van der Waals surface area contributed by atoms with E-state index in [9.17, 15) is 18.0 Å². The lowest BCUT2D eigenvalue weighted by Crippen LogP contribution is -2.35. The average molecular weight is 437 g/mol. The second-order valence-corrected chi connectivity index (χ2v) is 9.59. The fraction of sp³-hybridized carbons (Fsp3) is 0.421. The van der Waals surface area contributed by atoms with E-state index in [0.717, 1.165) is 19.3 Å². The maximum Gasteiger partial charge on any atom is 0.249 e. The first-order valence-corrected chi connectivity index (χ1v) is 11.3. The predicted octanol–water partition coefficient (Wildman–Crippen LogP) is 3.06. The van der Waals surface area contributed by atoms with E-state index in [1.54, 1.807) is 13.0 Å². The van der Waals surface area contributed by atoms with Crippen LogP contribution in [0.2, 0.25) is 5.02 Å². The summed E-state index contributed by atoms with van der Waals surface area (Å²) in [6.07, 6.45) is 2.79. The Hall–Kier alpha value is -2.23. The van der Waals surface area contributed by atoms with Gasteiger partial charge in [0.05, 0.1) is 10.7 Å². The lowest BCUT2D eigenvalue weighted by atomic mass is 10.1. The van der Waals surface area contributed by atoms with Crippen molar-refractivity contribution in [3.05, 3.63) is 28.9 Å². The van der Waals surface area contributed by atoms with Crippen molar-refractivity contribution in [2.45, 2.75) is 43.9 Å². The summed E-state index contributed by atoms with van der Waals surface area (Å²) < 4.78 is 29.0. The molecule has 1 amide bonds. The molecule has 2 aromatic rings. The summed E-state index contributed by atoms with van der Waals surface area (Å²) in [5, 5.41) is 7.13. The number of hydrogen-bond donors (Lipinski definition) is 1. The molecule has 3 heterocycles. The summed E-state index contributed by atoms with van der Waals surface area (Å²) in [5.41, 5.74) is 1.55. The quantitative estimate of drug-likeness (QED) is 0.796. The van der Waals surface area contributed by atoms with Crippen molar-refractivity contribution in [1.82, 2.24) is 14.1 Å². The second kappa shape index (κ2) is 7.55. The van der Waals surface area contributed by atoms with E-state index < -0.39 is 10.0 Å². The number of benzene rings is 1.